The van der Waals surface area contributed by atoms with E-state index in [0.717, 1.165) is 34.8 Å². The van der Waals surface area contributed by atoms with E-state index in [1.807, 2.05) is 6.07 Å². The fourth-order valence-electron chi connectivity index (χ4n) is 4.21. The number of benzene rings is 1. The summed E-state index contributed by atoms with van der Waals surface area (Å²) in [4.78, 5) is 26.3. The van der Waals surface area contributed by atoms with Crippen LogP contribution in [-0.4, -0.2) is 30.3 Å². The van der Waals surface area contributed by atoms with Crippen LogP contribution in [0.1, 0.15) is 60.5 Å². The zero-order valence-electron chi connectivity index (χ0n) is 20.3. The number of ether oxygens (including phenoxy) is 1. The summed E-state index contributed by atoms with van der Waals surface area (Å²) in [5, 5.41) is 13.3. The first kappa shape index (κ1) is 27.5. The van der Waals surface area contributed by atoms with E-state index in [1.165, 1.54) is 19.1 Å². The Morgan fingerprint density at radius 1 is 1.22 bits per heavy atom. The lowest BCUT2D eigenvalue weighted by Crippen LogP contribution is -2.69. The number of thiophene rings is 1. The molecule has 36 heavy (non-hydrogen) atoms. The van der Waals surface area contributed by atoms with Gasteiger partial charge in [0.2, 0.25) is 0 Å². The van der Waals surface area contributed by atoms with Gasteiger partial charge in [-0.25, -0.2) is 9.18 Å². The number of nitriles is 1. The normalized spacial score (nSPS) is 17.4. The van der Waals surface area contributed by atoms with Crippen molar-refractivity contribution >= 4 is 28.2 Å². The lowest BCUT2D eigenvalue weighted by atomic mass is 9.72. The lowest BCUT2D eigenvalue weighted by molar-refractivity contribution is -0.204. The standard InChI is InChI=1S/C25H27F4N3O3S/c1-5-35-22(34)24(25(27,28)29,31-20(33)16-8-6-7-9-18(16)26)32-21-17(13-30)15-11-10-14(23(2,3)4)12-19(15)36-21/h6-9,14,32H,5,10-12H2,1-4H3,(H,31,33)/t14-,24+/m0/s1. The zero-order chi connectivity index (χ0) is 26.9. The van der Waals surface area contributed by atoms with Gasteiger partial charge in [0.1, 0.15) is 16.9 Å². The van der Waals surface area contributed by atoms with Gasteiger partial charge in [0.05, 0.1) is 17.7 Å². The molecule has 1 aliphatic rings. The van der Waals surface area contributed by atoms with Crippen LogP contribution in [0, 0.1) is 28.5 Å². The summed E-state index contributed by atoms with van der Waals surface area (Å²) in [6.07, 6.45) is -3.59. The second-order valence-electron chi connectivity index (χ2n) is 9.65. The van der Waals surface area contributed by atoms with E-state index in [2.05, 4.69) is 26.1 Å². The number of hydrogen-bond donors (Lipinski definition) is 2. The van der Waals surface area contributed by atoms with Gasteiger partial charge in [0.15, 0.2) is 0 Å². The Morgan fingerprint density at radius 3 is 2.44 bits per heavy atom. The minimum atomic E-state index is -5.41. The van der Waals surface area contributed by atoms with E-state index in [0.29, 0.717) is 18.4 Å². The highest BCUT2D eigenvalue weighted by atomic mass is 32.1. The van der Waals surface area contributed by atoms with Crippen molar-refractivity contribution < 1.29 is 31.9 Å². The summed E-state index contributed by atoms with van der Waals surface area (Å²) in [5.74, 6) is -4.11. The molecule has 0 unspecified atom stereocenters. The summed E-state index contributed by atoms with van der Waals surface area (Å²) in [7, 11) is 0. The number of anilines is 1. The molecule has 0 radical (unpaired) electrons. The van der Waals surface area contributed by atoms with Gasteiger partial charge in [-0.15, -0.1) is 11.3 Å². The average molecular weight is 526 g/mol. The first-order valence-corrected chi connectivity index (χ1v) is 12.2. The van der Waals surface area contributed by atoms with Crippen LogP contribution in [0.4, 0.5) is 22.6 Å². The van der Waals surface area contributed by atoms with Crippen molar-refractivity contribution in [2.24, 2.45) is 11.3 Å². The predicted octanol–water partition coefficient (Wildman–Crippen LogP) is 5.57. The first-order chi connectivity index (χ1) is 16.7. The Bertz CT molecular complexity index is 1200. The second kappa shape index (κ2) is 10.1. The molecule has 6 nitrogen and oxygen atoms in total. The van der Waals surface area contributed by atoms with Crippen molar-refractivity contribution in [3.8, 4) is 6.07 Å². The Balaban J connectivity index is 2.11. The first-order valence-electron chi connectivity index (χ1n) is 11.4. The van der Waals surface area contributed by atoms with Crippen LogP contribution < -0.4 is 10.6 Å². The summed E-state index contributed by atoms with van der Waals surface area (Å²) in [6, 6.07) is 6.40. The molecule has 0 fully saturated rings. The molecule has 2 atom stereocenters. The molecule has 1 heterocycles. The van der Waals surface area contributed by atoms with Gasteiger partial charge >= 0.3 is 17.8 Å². The van der Waals surface area contributed by atoms with Crippen molar-refractivity contribution in [1.82, 2.24) is 5.32 Å². The van der Waals surface area contributed by atoms with Gasteiger partial charge in [-0.3, -0.25) is 4.79 Å². The topological polar surface area (TPSA) is 91.2 Å². The molecular formula is C25H27F4N3O3S. The van der Waals surface area contributed by atoms with E-state index < -0.39 is 41.7 Å². The number of amides is 1. The van der Waals surface area contributed by atoms with Crippen LogP contribution in [0.5, 0.6) is 0 Å². The third-order valence-corrected chi connectivity index (χ3v) is 7.50. The molecule has 11 heteroatoms. The van der Waals surface area contributed by atoms with E-state index in [4.69, 9.17) is 4.74 Å². The molecule has 1 aromatic carbocycles. The highest BCUT2D eigenvalue weighted by molar-refractivity contribution is 7.16. The van der Waals surface area contributed by atoms with Crippen molar-refractivity contribution in [2.45, 2.75) is 58.8 Å². The maximum absolute atomic E-state index is 14.6. The number of alkyl halides is 3. The number of fused-ring (bicyclic) bond motifs is 1. The molecule has 1 aliphatic carbocycles. The molecule has 194 valence electrons. The van der Waals surface area contributed by atoms with Crippen LogP contribution in [-0.2, 0) is 22.4 Å². The van der Waals surface area contributed by atoms with Crippen molar-refractivity contribution in [2.75, 3.05) is 11.9 Å². The highest BCUT2D eigenvalue weighted by Crippen LogP contribution is 2.45. The lowest BCUT2D eigenvalue weighted by Gasteiger charge is -2.35. The van der Waals surface area contributed by atoms with Gasteiger partial charge in [0, 0.05) is 4.88 Å². The number of hydrogen-bond acceptors (Lipinski definition) is 6. The van der Waals surface area contributed by atoms with Crippen molar-refractivity contribution in [3.63, 3.8) is 0 Å². The van der Waals surface area contributed by atoms with Crippen LogP contribution in [0.15, 0.2) is 24.3 Å². The number of carbonyl (C=O) groups excluding carboxylic acids is 2. The van der Waals surface area contributed by atoms with Gasteiger partial charge in [-0.2, -0.15) is 18.4 Å². The van der Waals surface area contributed by atoms with E-state index in [9.17, 15) is 32.4 Å². The Kier molecular flexibility index (Phi) is 7.69. The quantitative estimate of drug-likeness (QED) is 0.292. The molecule has 0 bridgehead atoms. The largest absolute Gasteiger partial charge is 0.463 e. The van der Waals surface area contributed by atoms with Crippen molar-refractivity contribution in [1.29, 1.82) is 5.26 Å². The maximum Gasteiger partial charge on any atom is 0.441 e. The summed E-state index contributed by atoms with van der Waals surface area (Å²) in [6.45, 7) is 7.14. The molecule has 2 N–H and O–H groups in total. The van der Waals surface area contributed by atoms with Gasteiger partial charge in [-0.1, -0.05) is 32.9 Å². The SMILES string of the molecule is CCOC(=O)[C@@](NC(=O)c1ccccc1F)(Nc1sc2c(c1C#N)CC[C@H](C(C)(C)C)C2)C(F)(F)F. The number of esters is 1. The monoisotopic (exact) mass is 525 g/mol. The van der Waals surface area contributed by atoms with Crippen LogP contribution in [0.2, 0.25) is 0 Å². The molecular weight excluding hydrogens is 498 g/mol. The smallest absolute Gasteiger partial charge is 0.441 e. The summed E-state index contributed by atoms with van der Waals surface area (Å²) >= 11 is 0.944. The second-order valence-corrected chi connectivity index (χ2v) is 10.8. The van der Waals surface area contributed by atoms with Crippen molar-refractivity contribution in [3.05, 3.63) is 51.7 Å². The number of halogens is 4. The third-order valence-electron chi connectivity index (χ3n) is 6.33. The third kappa shape index (κ3) is 5.19. The minimum Gasteiger partial charge on any atom is -0.463 e. The maximum atomic E-state index is 14.6. The molecule has 3 rings (SSSR count). The van der Waals surface area contributed by atoms with Crippen LogP contribution in [0.25, 0.3) is 0 Å². The number of nitrogens with zero attached hydrogens (tertiary/aromatic N) is 1. The minimum absolute atomic E-state index is 0.0135. The van der Waals surface area contributed by atoms with Gasteiger partial charge in [-0.05, 0) is 55.2 Å². The molecule has 1 aromatic heterocycles. The molecule has 0 saturated heterocycles. The molecule has 1 amide bonds. The molecule has 0 saturated carbocycles. The Labute approximate surface area is 210 Å². The highest BCUT2D eigenvalue weighted by Gasteiger charge is 2.64. The average Bonchev–Trinajstić information content (AvgIpc) is 3.13. The molecule has 2 aromatic rings. The van der Waals surface area contributed by atoms with E-state index in [-0.39, 0.29) is 21.9 Å². The fraction of sp³-hybridized carbons (Fsp3) is 0.480. The molecule has 0 spiro atoms. The zero-order valence-corrected chi connectivity index (χ0v) is 21.1. The molecule has 0 aliphatic heterocycles. The summed E-state index contributed by atoms with van der Waals surface area (Å²) in [5.41, 5.74) is -3.87. The summed E-state index contributed by atoms with van der Waals surface area (Å²) < 4.78 is 62.7. The van der Waals surface area contributed by atoms with E-state index >= 15 is 0 Å². The van der Waals surface area contributed by atoms with Gasteiger partial charge in [0.25, 0.3) is 5.91 Å². The van der Waals surface area contributed by atoms with Crippen LogP contribution in [0.3, 0.4) is 0 Å². The fourth-order valence-corrected chi connectivity index (χ4v) is 5.55. The Morgan fingerprint density at radius 2 is 1.89 bits per heavy atom. The Hall–Kier alpha value is -3.13. The van der Waals surface area contributed by atoms with Crippen LogP contribution >= 0.6 is 11.3 Å². The number of carbonyl (C=O) groups is 2. The van der Waals surface area contributed by atoms with E-state index in [1.54, 1.807) is 5.32 Å². The number of nitrogens with one attached hydrogen (secondary N) is 2. The predicted molar refractivity (Wildman–Crippen MR) is 127 cm³/mol. The van der Waals surface area contributed by atoms with Gasteiger partial charge < -0.3 is 15.4 Å². The number of rotatable bonds is 6.